The average molecular weight is 303 g/mol. The molecule has 0 N–H and O–H groups in total. The number of sulfone groups is 1. The van der Waals surface area contributed by atoms with Crippen molar-refractivity contribution < 1.29 is 8.42 Å². The summed E-state index contributed by atoms with van der Waals surface area (Å²) in [5.41, 5.74) is 1.47. The Hall–Kier alpha value is -2.48. The fourth-order valence-electron chi connectivity index (χ4n) is 2.01. The van der Waals surface area contributed by atoms with E-state index in [0.717, 1.165) is 5.69 Å². The number of rotatable bonds is 4. The Morgan fingerprint density at radius 1 is 1.14 bits per heavy atom. The highest BCUT2D eigenvalue weighted by molar-refractivity contribution is 7.90. The summed E-state index contributed by atoms with van der Waals surface area (Å²) in [4.78, 5) is 3.79. The second-order valence-electron chi connectivity index (χ2n) is 4.55. The fourth-order valence-corrected chi connectivity index (χ4v) is 3.38. The van der Waals surface area contributed by atoms with E-state index in [1.54, 1.807) is 24.1 Å². The maximum Gasteiger partial charge on any atom is 0.245 e. The van der Waals surface area contributed by atoms with Gasteiger partial charge < -0.3 is 0 Å². The van der Waals surface area contributed by atoms with E-state index < -0.39 is 9.84 Å². The first-order valence-corrected chi connectivity index (χ1v) is 7.87. The van der Waals surface area contributed by atoms with E-state index in [2.05, 4.69) is 15.2 Å². The third kappa shape index (κ3) is 2.70. The standard InChI is InChI=1S/C13H13N5O2S/c1-17-13(14-10-16-17)21(19,20)9-11-7-15-18(8-11)12-5-3-2-4-6-12/h2-8,10H,9H2,1H3. The van der Waals surface area contributed by atoms with Crippen molar-refractivity contribution >= 4 is 9.84 Å². The Kier molecular flexibility index (Phi) is 3.30. The minimum atomic E-state index is -3.53. The van der Waals surface area contributed by atoms with Gasteiger partial charge in [0.15, 0.2) is 0 Å². The smallest absolute Gasteiger partial charge is 0.241 e. The van der Waals surface area contributed by atoms with Crippen LogP contribution < -0.4 is 0 Å². The van der Waals surface area contributed by atoms with E-state index >= 15 is 0 Å². The average Bonchev–Trinajstić information content (AvgIpc) is 3.08. The molecule has 8 heteroatoms. The van der Waals surface area contributed by atoms with Gasteiger partial charge in [-0.15, -0.1) is 0 Å². The zero-order chi connectivity index (χ0) is 14.9. The Balaban J connectivity index is 1.87. The van der Waals surface area contributed by atoms with Crippen LogP contribution in [0.1, 0.15) is 5.56 Å². The van der Waals surface area contributed by atoms with Gasteiger partial charge in [-0.1, -0.05) is 18.2 Å². The molecule has 0 atom stereocenters. The molecule has 108 valence electrons. The first kappa shape index (κ1) is 13.5. The molecule has 2 aromatic heterocycles. The van der Waals surface area contributed by atoms with Gasteiger partial charge in [-0.3, -0.25) is 0 Å². The van der Waals surface area contributed by atoms with E-state index in [-0.39, 0.29) is 10.9 Å². The number of aromatic nitrogens is 5. The molecular weight excluding hydrogens is 290 g/mol. The summed E-state index contributed by atoms with van der Waals surface area (Å²) >= 11 is 0. The van der Waals surface area contributed by atoms with Crippen LogP contribution in [-0.2, 0) is 22.6 Å². The number of hydrogen-bond acceptors (Lipinski definition) is 5. The van der Waals surface area contributed by atoms with E-state index in [4.69, 9.17) is 0 Å². The quantitative estimate of drug-likeness (QED) is 0.717. The lowest BCUT2D eigenvalue weighted by molar-refractivity contribution is 0.568. The van der Waals surface area contributed by atoms with Crippen LogP contribution in [0.5, 0.6) is 0 Å². The van der Waals surface area contributed by atoms with Crippen LogP contribution in [-0.4, -0.2) is 33.0 Å². The van der Waals surface area contributed by atoms with Gasteiger partial charge in [-0.05, 0) is 12.1 Å². The largest absolute Gasteiger partial charge is 0.245 e. The minimum absolute atomic E-state index is 0.0463. The topological polar surface area (TPSA) is 82.7 Å². The molecule has 2 heterocycles. The highest BCUT2D eigenvalue weighted by Crippen LogP contribution is 2.14. The molecule has 0 saturated carbocycles. The van der Waals surface area contributed by atoms with Gasteiger partial charge in [0.1, 0.15) is 6.33 Å². The van der Waals surface area contributed by atoms with Gasteiger partial charge in [0.25, 0.3) is 0 Å². The molecule has 1 aromatic carbocycles. The zero-order valence-corrected chi connectivity index (χ0v) is 12.1. The predicted molar refractivity (Wildman–Crippen MR) is 75.5 cm³/mol. The number of aryl methyl sites for hydroxylation is 1. The van der Waals surface area contributed by atoms with Gasteiger partial charge in [0, 0.05) is 18.8 Å². The van der Waals surface area contributed by atoms with Crippen LogP contribution in [0.25, 0.3) is 5.69 Å². The molecule has 3 rings (SSSR count). The Morgan fingerprint density at radius 2 is 1.90 bits per heavy atom. The van der Waals surface area contributed by atoms with Gasteiger partial charge in [0.2, 0.25) is 15.0 Å². The third-order valence-electron chi connectivity index (χ3n) is 2.96. The molecule has 7 nitrogen and oxygen atoms in total. The zero-order valence-electron chi connectivity index (χ0n) is 11.3. The highest BCUT2D eigenvalue weighted by atomic mass is 32.2. The van der Waals surface area contributed by atoms with Gasteiger partial charge in [-0.2, -0.15) is 10.2 Å². The second-order valence-corrected chi connectivity index (χ2v) is 6.44. The summed E-state index contributed by atoms with van der Waals surface area (Å²) in [5.74, 6) is -0.160. The van der Waals surface area contributed by atoms with E-state index in [9.17, 15) is 8.42 Å². The molecule has 0 bridgehead atoms. The van der Waals surface area contributed by atoms with Crippen LogP contribution in [0, 0.1) is 0 Å². The monoisotopic (exact) mass is 303 g/mol. The first-order chi connectivity index (χ1) is 10.1. The lowest BCUT2D eigenvalue weighted by atomic mass is 10.3. The van der Waals surface area contributed by atoms with Crippen molar-refractivity contribution in [3.05, 3.63) is 54.6 Å². The molecule has 0 radical (unpaired) electrons. The minimum Gasteiger partial charge on any atom is -0.241 e. The van der Waals surface area contributed by atoms with Crippen molar-refractivity contribution in [3.8, 4) is 5.69 Å². The number of para-hydroxylation sites is 1. The van der Waals surface area contributed by atoms with E-state index in [1.807, 2.05) is 30.3 Å². The normalized spacial score (nSPS) is 11.7. The van der Waals surface area contributed by atoms with Crippen LogP contribution in [0.3, 0.4) is 0 Å². The van der Waals surface area contributed by atoms with Crippen LogP contribution in [0.4, 0.5) is 0 Å². The fraction of sp³-hybridized carbons (Fsp3) is 0.154. The van der Waals surface area contributed by atoms with Crippen LogP contribution >= 0.6 is 0 Å². The van der Waals surface area contributed by atoms with Crippen molar-refractivity contribution in [2.45, 2.75) is 10.9 Å². The summed E-state index contributed by atoms with van der Waals surface area (Å²) in [6, 6.07) is 9.49. The molecular formula is C13H13N5O2S. The number of hydrogen-bond donors (Lipinski definition) is 0. The van der Waals surface area contributed by atoms with Crippen molar-refractivity contribution in [1.29, 1.82) is 0 Å². The predicted octanol–water partition coefficient (Wildman–Crippen LogP) is 0.975. The van der Waals surface area contributed by atoms with E-state index in [1.165, 1.54) is 11.0 Å². The van der Waals surface area contributed by atoms with Crippen molar-refractivity contribution in [3.63, 3.8) is 0 Å². The molecule has 0 amide bonds. The molecule has 0 fully saturated rings. The van der Waals surface area contributed by atoms with Crippen LogP contribution in [0.15, 0.2) is 54.2 Å². The molecule has 0 unspecified atom stereocenters. The second kappa shape index (κ2) is 5.13. The van der Waals surface area contributed by atoms with Gasteiger partial charge in [-0.25, -0.2) is 22.8 Å². The molecule has 0 saturated heterocycles. The summed E-state index contributed by atoms with van der Waals surface area (Å²) in [5, 5.41) is 7.92. The maximum atomic E-state index is 12.3. The Morgan fingerprint density at radius 3 is 2.57 bits per heavy atom. The van der Waals surface area contributed by atoms with Crippen molar-refractivity contribution in [1.82, 2.24) is 24.5 Å². The van der Waals surface area contributed by atoms with Crippen LogP contribution in [0.2, 0.25) is 0 Å². The molecule has 0 aliphatic rings. The molecule has 0 aliphatic carbocycles. The van der Waals surface area contributed by atoms with Crippen molar-refractivity contribution in [2.75, 3.05) is 0 Å². The summed E-state index contributed by atoms with van der Waals surface area (Å²) in [6.45, 7) is 0. The molecule has 0 aliphatic heterocycles. The third-order valence-corrected chi connectivity index (χ3v) is 4.60. The lowest BCUT2D eigenvalue weighted by Gasteiger charge is -2.01. The van der Waals surface area contributed by atoms with Crippen molar-refractivity contribution in [2.24, 2.45) is 7.05 Å². The summed E-state index contributed by atoms with van der Waals surface area (Å²) in [7, 11) is -1.98. The number of nitrogens with zero attached hydrogens (tertiary/aromatic N) is 5. The van der Waals surface area contributed by atoms with Gasteiger partial charge >= 0.3 is 0 Å². The summed E-state index contributed by atoms with van der Waals surface area (Å²) in [6.07, 6.45) is 4.46. The summed E-state index contributed by atoms with van der Waals surface area (Å²) < 4.78 is 27.4. The van der Waals surface area contributed by atoms with Gasteiger partial charge in [0.05, 0.1) is 17.6 Å². The molecule has 0 spiro atoms. The maximum absolute atomic E-state index is 12.3. The molecule has 3 aromatic rings. The Bertz CT molecular complexity index is 852. The number of benzene rings is 1. The first-order valence-electron chi connectivity index (χ1n) is 6.22. The lowest BCUT2D eigenvalue weighted by Crippen LogP contribution is -2.11. The Labute approximate surface area is 121 Å². The van der Waals surface area contributed by atoms with E-state index in [0.29, 0.717) is 5.56 Å². The highest BCUT2D eigenvalue weighted by Gasteiger charge is 2.21. The molecule has 21 heavy (non-hydrogen) atoms. The SMILES string of the molecule is Cn1ncnc1S(=O)(=O)Cc1cnn(-c2ccccc2)c1.